The van der Waals surface area contributed by atoms with E-state index < -0.39 is 5.97 Å². The number of oxazole rings is 1. The first-order valence-electron chi connectivity index (χ1n) is 7.52. The summed E-state index contributed by atoms with van der Waals surface area (Å²) in [7, 11) is 0. The molecule has 0 aliphatic carbocycles. The second-order valence-corrected chi connectivity index (χ2v) is 5.08. The van der Waals surface area contributed by atoms with E-state index in [1.54, 1.807) is 37.3 Å². The first-order chi connectivity index (χ1) is 12.1. The summed E-state index contributed by atoms with van der Waals surface area (Å²) >= 11 is 0. The first kappa shape index (κ1) is 16.5. The molecule has 0 saturated heterocycles. The number of nitrogens with two attached hydrogens (primary N) is 1. The fraction of sp³-hybridized carbons (Fsp3) is 0.118. The minimum Gasteiger partial charge on any atom is -0.461 e. The van der Waals surface area contributed by atoms with Crippen LogP contribution in [-0.4, -0.2) is 27.8 Å². The quantitative estimate of drug-likeness (QED) is 0.477. The van der Waals surface area contributed by atoms with E-state index in [0.717, 1.165) is 0 Å². The van der Waals surface area contributed by atoms with Gasteiger partial charge in [-0.05, 0) is 37.3 Å². The van der Waals surface area contributed by atoms with E-state index in [1.807, 2.05) is 5.48 Å². The van der Waals surface area contributed by atoms with Gasteiger partial charge in [0, 0.05) is 23.5 Å². The minimum absolute atomic E-state index is 0.184. The van der Waals surface area contributed by atoms with Gasteiger partial charge < -0.3 is 14.9 Å². The monoisotopic (exact) mass is 340 g/mol. The number of aromatic nitrogens is 2. The highest BCUT2D eigenvalue weighted by molar-refractivity contribution is 5.88. The van der Waals surface area contributed by atoms with Gasteiger partial charge in [-0.1, -0.05) is 0 Å². The van der Waals surface area contributed by atoms with E-state index in [1.165, 1.54) is 12.4 Å². The molecule has 4 N–H and O–H groups in total. The summed E-state index contributed by atoms with van der Waals surface area (Å²) in [5.74, 6) is -0.153. The molecule has 0 atom stereocenters. The molecular formula is C17H16N4O4. The van der Waals surface area contributed by atoms with Gasteiger partial charge in [0.15, 0.2) is 5.58 Å². The van der Waals surface area contributed by atoms with Crippen molar-refractivity contribution >= 4 is 22.8 Å². The van der Waals surface area contributed by atoms with Crippen LogP contribution in [0.3, 0.4) is 0 Å². The van der Waals surface area contributed by atoms with E-state index in [4.69, 9.17) is 20.1 Å². The van der Waals surface area contributed by atoms with Crippen molar-refractivity contribution < 1.29 is 19.2 Å². The molecule has 1 aromatic carbocycles. The predicted octanol–water partition coefficient (Wildman–Crippen LogP) is 2.30. The normalized spacial score (nSPS) is 11.5. The third-order valence-corrected chi connectivity index (χ3v) is 3.43. The molecule has 0 fully saturated rings. The van der Waals surface area contributed by atoms with Crippen molar-refractivity contribution in [3.05, 3.63) is 54.0 Å². The molecule has 128 valence electrons. The van der Waals surface area contributed by atoms with Gasteiger partial charge in [0.2, 0.25) is 5.89 Å². The van der Waals surface area contributed by atoms with Gasteiger partial charge in [-0.3, -0.25) is 10.7 Å². The van der Waals surface area contributed by atoms with E-state index in [9.17, 15) is 4.79 Å². The average molecular weight is 340 g/mol. The summed E-state index contributed by atoms with van der Waals surface area (Å²) in [5, 5.41) is 8.69. The van der Waals surface area contributed by atoms with Gasteiger partial charge in [0.1, 0.15) is 11.2 Å². The van der Waals surface area contributed by atoms with E-state index in [-0.39, 0.29) is 12.3 Å². The highest BCUT2D eigenvalue weighted by atomic mass is 16.5. The summed E-state index contributed by atoms with van der Waals surface area (Å²) in [4.78, 5) is 20.2. The molecule has 25 heavy (non-hydrogen) atoms. The largest absolute Gasteiger partial charge is 0.461 e. The molecule has 8 heteroatoms. The van der Waals surface area contributed by atoms with E-state index in [2.05, 4.69) is 9.97 Å². The lowest BCUT2D eigenvalue weighted by molar-refractivity contribution is 0.0519. The molecule has 0 unspecified atom stereocenters. The Morgan fingerprint density at radius 1 is 1.40 bits per heavy atom. The Bertz CT molecular complexity index is 949. The molecule has 0 spiro atoms. The van der Waals surface area contributed by atoms with Gasteiger partial charge in [-0.2, -0.15) is 0 Å². The van der Waals surface area contributed by atoms with Crippen LogP contribution in [0.4, 0.5) is 0 Å². The number of nitrogens with one attached hydrogen (secondary N) is 1. The molecular weight excluding hydrogens is 324 g/mol. The number of benzene rings is 1. The Morgan fingerprint density at radius 3 is 3.00 bits per heavy atom. The minimum atomic E-state index is -0.503. The van der Waals surface area contributed by atoms with Crippen LogP contribution in [-0.2, 0) is 4.74 Å². The molecule has 0 aliphatic rings. The number of hydrogen-bond donors (Lipinski definition) is 3. The Labute approximate surface area is 142 Å². The lowest BCUT2D eigenvalue weighted by Crippen LogP contribution is -2.06. The number of ether oxygens (including phenoxy) is 1. The second-order valence-electron chi connectivity index (χ2n) is 5.08. The maximum Gasteiger partial charge on any atom is 0.356 e. The van der Waals surface area contributed by atoms with Crippen molar-refractivity contribution in [3.8, 4) is 11.5 Å². The van der Waals surface area contributed by atoms with Gasteiger partial charge >= 0.3 is 5.97 Å². The van der Waals surface area contributed by atoms with Crippen molar-refractivity contribution in [3.63, 3.8) is 0 Å². The zero-order valence-corrected chi connectivity index (χ0v) is 13.4. The zero-order chi connectivity index (χ0) is 17.8. The number of rotatable bonds is 5. The number of carbonyl (C=O) groups excluding carboxylic acids is 1. The Hall–Kier alpha value is -3.39. The van der Waals surface area contributed by atoms with Crippen LogP contribution >= 0.6 is 0 Å². The van der Waals surface area contributed by atoms with Crippen molar-refractivity contribution in [2.24, 2.45) is 5.73 Å². The van der Waals surface area contributed by atoms with Gasteiger partial charge in [-0.15, -0.1) is 0 Å². The zero-order valence-electron chi connectivity index (χ0n) is 13.4. The predicted molar refractivity (Wildman–Crippen MR) is 90.3 cm³/mol. The Balaban J connectivity index is 1.98. The van der Waals surface area contributed by atoms with Crippen LogP contribution in [0, 0.1) is 0 Å². The lowest BCUT2D eigenvalue weighted by Gasteiger charge is -2.01. The average Bonchev–Trinajstić information content (AvgIpc) is 3.05. The fourth-order valence-corrected chi connectivity index (χ4v) is 2.26. The number of hydrogen-bond acceptors (Lipinski definition) is 8. The van der Waals surface area contributed by atoms with E-state index in [0.29, 0.717) is 33.8 Å². The third kappa shape index (κ3) is 3.43. The summed E-state index contributed by atoms with van der Waals surface area (Å²) in [6.07, 6.45) is 2.76. The Morgan fingerprint density at radius 2 is 2.24 bits per heavy atom. The van der Waals surface area contributed by atoms with Gasteiger partial charge in [-0.25, -0.2) is 14.8 Å². The van der Waals surface area contributed by atoms with Crippen LogP contribution in [0.1, 0.15) is 23.0 Å². The molecule has 2 aromatic heterocycles. The van der Waals surface area contributed by atoms with Crippen LogP contribution in [0.25, 0.3) is 28.3 Å². The van der Waals surface area contributed by atoms with Crippen molar-refractivity contribution in [2.75, 3.05) is 6.61 Å². The SMILES string of the molecule is CCOC(=O)c1cc(-c2nc3cc(/C(N)=C/NO)ccc3o2)ccn1. The van der Waals surface area contributed by atoms with Crippen molar-refractivity contribution in [2.45, 2.75) is 6.92 Å². The summed E-state index contributed by atoms with van der Waals surface area (Å²) in [6, 6.07) is 8.47. The number of hydroxylamine groups is 1. The number of carbonyl (C=O) groups is 1. The molecule has 0 aliphatic heterocycles. The molecule has 0 radical (unpaired) electrons. The van der Waals surface area contributed by atoms with Crippen LogP contribution < -0.4 is 11.2 Å². The summed E-state index contributed by atoms with van der Waals surface area (Å²) in [5.41, 5.74) is 10.7. The topological polar surface area (TPSA) is 124 Å². The highest BCUT2D eigenvalue weighted by Crippen LogP contribution is 2.26. The van der Waals surface area contributed by atoms with Crippen LogP contribution in [0.2, 0.25) is 0 Å². The smallest absolute Gasteiger partial charge is 0.356 e. The molecule has 0 bridgehead atoms. The third-order valence-electron chi connectivity index (χ3n) is 3.43. The van der Waals surface area contributed by atoms with E-state index >= 15 is 0 Å². The van der Waals surface area contributed by atoms with Crippen LogP contribution in [0.15, 0.2) is 47.1 Å². The molecule has 3 rings (SSSR count). The fourth-order valence-electron chi connectivity index (χ4n) is 2.26. The molecule has 0 amide bonds. The van der Waals surface area contributed by atoms with Crippen molar-refractivity contribution in [1.29, 1.82) is 0 Å². The maximum absolute atomic E-state index is 11.8. The van der Waals surface area contributed by atoms with Gasteiger partial charge in [0.05, 0.1) is 12.3 Å². The number of esters is 1. The van der Waals surface area contributed by atoms with Crippen LogP contribution in [0.5, 0.6) is 0 Å². The highest BCUT2D eigenvalue weighted by Gasteiger charge is 2.14. The number of fused-ring (bicyclic) bond motifs is 1. The first-order valence-corrected chi connectivity index (χ1v) is 7.52. The summed E-state index contributed by atoms with van der Waals surface area (Å²) < 4.78 is 10.7. The lowest BCUT2D eigenvalue weighted by atomic mass is 10.1. The van der Waals surface area contributed by atoms with Crippen molar-refractivity contribution in [1.82, 2.24) is 15.4 Å². The molecule has 0 saturated carbocycles. The molecule has 2 heterocycles. The standard InChI is InChI=1S/C17H16N4O4/c1-2-24-17(22)14-8-11(5-6-19-14)16-21-13-7-10(12(18)9-20-23)3-4-15(13)25-16/h3-9,20,23H,2,18H2,1H3/b12-9-. The maximum atomic E-state index is 11.8. The number of nitrogens with zero attached hydrogens (tertiary/aromatic N) is 2. The second kappa shape index (κ2) is 7.02. The Kier molecular flexibility index (Phi) is 4.62. The van der Waals surface area contributed by atoms with Gasteiger partial charge in [0.25, 0.3) is 0 Å². The summed E-state index contributed by atoms with van der Waals surface area (Å²) in [6.45, 7) is 2.00. The molecule has 3 aromatic rings. The number of pyridine rings is 1. The molecule has 8 nitrogen and oxygen atoms in total.